The van der Waals surface area contributed by atoms with E-state index in [-0.39, 0.29) is 11.9 Å². The highest BCUT2D eigenvalue weighted by molar-refractivity contribution is 5.39. The van der Waals surface area contributed by atoms with E-state index in [0.29, 0.717) is 16.9 Å². The summed E-state index contributed by atoms with van der Waals surface area (Å²) in [5.74, 6) is 0.788. The van der Waals surface area contributed by atoms with Crippen LogP contribution in [0.5, 0.6) is 11.5 Å². The largest absolute Gasteiger partial charge is 0.508 e. The molecule has 0 bridgehead atoms. The van der Waals surface area contributed by atoms with Gasteiger partial charge in [-0.25, -0.2) is 0 Å². The van der Waals surface area contributed by atoms with E-state index in [4.69, 9.17) is 4.74 Å². The summed E-state index contributed by atoms with van der Waals surface area (Å²) < 4.78 is 5.59. The maximum absolute atomic E-state index is 10.7. The van der Waals surface area contributed by atoms with E-state index in [1.54, 1.807) is 49.6 Å². The Balaban J connectivity index is 2.35. The van der Waals surface area contributed by atoms with Crippen LogP contribution in [-0.4, -0.2) is 21.3 Å². The minimum absolute atomic E-state index is 0.0469. The van der Waals surface area contributed by atoms with Gasteiger partial charge in [0.25, 0.3) is 0 Å². The lowest BCUT2D eigenvalue weighted by molar-refractivity contribution is 0.101. The highest BCUT2D eigenvalue weighted by Crippen LogP contribution is 2.31. The molecule has 0 aliphatic carbocycles. The van der Waals surface area contributed by atoms with Crippen molar-refractivity contribution < 1.29 is 14.9 Å². The van der Waals surface area contributed by atoms with Gasteiger partial charge < -0.3 is 14.9 Å². The number of rotatable bonds is 4. The van der Waals surface area contributed by atoms with Gasteiger partial charge in [0.05, 0.1) is 12.3 Å². The van der Waals surface area contributed by atoms with Gasteiger partial charge in [0.2, 0.25) is 0 Å². The minimum atomic E-state index is -1.20. The molecule has 1 atom stereocenters. The van der Waals surface area contributed by atoms with Crippen molar-refractivity contribution in [2.45, 2.75) is 32.5 Å². The van der Waals surface area contributed by atoms with Crippen LogP contribution in [0, 0.1) is 0 Å². The Bertz CT molecular complexity index is 577. The van der Waals surface area contributed by atoms with E-state index in [0.717, 1.165) is 0 Å². The summed E-state index contributed by atoms with van der Waals surface area (Å²) in [4.78, 5) is 4.11. The first kappa shape index (κ1) is 14.3. The van der Waals surface area contributed by atoms with Gasteiger partial charge >= 0.3 is 0 Å². The van der Waals surface area contributed by atoms with Crippen LogP contribution in [0.4, 0.5) is 0 Å². The predicted molar refractivity (Wildman–Crippen MR) is 76.8 cm³/mol. The standard InChI is InChI=1S/C16H19NO3/c1-11(2)20-15-8-13(9-17-10-15)16(3,19)12-4-6-14(18)7-5-12/h4-11,18-19H,1-3H3. The molecule has 4 nitrogen and oxygen atoms in total. The van der Waals surface area contributed by atoms with E-state index in [1.165, 1.54) is 0 Å². The predicted octanol–water partition coefficient (Wildman–Crippen LogP) is 2.83. The first-order valence-corrected chi connectivity index (χ1v) is 6.53. The van der Waals surface area contributed by atoms with Crippen LogP contribution in [0.2, 0.25) is 0 Å². The van der Waals surface area contributed by atoms with Crippen LogP contribution < -0.4 is 4.74 Å². The SMILES string of the molecule is CC(C)Oc1cncc(C(C)(O)c2ccc(O)cc2)c1. The molecular formula is C16H19NO3. The fourth-order valence-corrected chi connectivity index (χ4v) is 1.97. The van der Waals surface area contributed by atoms with E-state index >= 15 is 0 Å². The number of ether oxygens (including phenoxy) is 1. The van der Waals surface area contributed by atoms with Gasteiger partial charge in [-0.15, -0.1) is 0 Å². The van der Waals surface area contributed by atoms with Gasteiger partial charge in [-0.1, -0.05) is 12.1 Å². The Hall–Kier alpha value is -2.07. The Labute approximate surface area is 118 Å². The molecule has 1 heterocycles. The van der Waals surface area contributed by atoms with Crippen LogP contribution in [0.3, 0.4) is 0 Å². The lowest BCUT2D eigenvalue weighted by Crippen LogP contribution is -2.23. The number of aromatic hydroxyl groups is 1. The molecule has 106 valence electrons. The third kappa shape index (κ3) is 3.08. The molecule has 2 rings (SSSR count). The first-order valence-electron chi connectivity index (χ1n) is 6.53. The van der Waals surface area contributed by atoms with Crippen LogP contribution in [0.1, 0.15) is 31.9 Å². The van der Waals surface area contributed by atoms with Gasteiger partial charge in [0.1, 0.15) is 17.1 Å². The maximum atomic E-state index is 10.7. The highest BCUT2D eigenvalue weighted by atomic mass is 16.5. The van der Waals surface area contributed by atoms with Gasteiger partial charge in [-0.05, 0) is 44.5 Å². The van der Waals surface area contributed by atoms with Crippen molar-refractivity contribution in [3.05, 3.63) is 53.9 Å². The molecule has 4 heteroatoms. The van der Waals surface area contributed by atoms with Crippen molar-refractivity contribution in [2.75, 3.05) is 0 Å². The number of hydrogen-bond acceptors (Lipinski definition) is 4. The summed E-state index contributed by atoms with van der Waals surface area (Å²) in [6.07, 6.45) is 3.28. The molecule has 1 aromatic heterocycles. The van der Waals surface area contributed by atoms with Crippen molar-refractivity contribution in [2.24, 2.45) is 0 Å². The monoisotopic (exact) mass is 273 g/mol. The second-order valence-corrected chi connectivity index (χ2v) is 5.20. The van der Waals surface area contributed by atoms with Crippen molar-refractivity contribution >= 4 is 0 Å². The summed E-state index contributed by atoms with van der Waals surface area (Å²) in [7, 11) is 0. The number of benzene rings is 1. The molecule has 0 radical (unpaired) electrons. The summed E-state index contributed by atoms with van der Waals surface area (Å²) >= 11 is 0. The molecule has 1 aromatic carbocycles. The maximum Gasteiger partial charge on any atom is 0.138 e. The van der Waals surface area contributed by atoms with Crippen molar-refractivity contribution in [1.82, 2.24) is 4.98 Å². The Kier molecular flexibility index (Phi) is 3.95. The molecule has 0 saturated heterocycles. The number of phenolic OH excluding ortho intramolecular Hbond substituents is 1. The average molecular weight is 273 g/mol. The zero-order chi connectivity index (χ0) is 14.8. The van der Waals surface area contributed by atoms with E-state index in [9.17, 15) is 10.2 Å². The van der Waals surface area contributed by atoms with Gasteiger partial charge in [-0.2, -0.15) is 0 Å². The lowest BCUT2D eigenvalue weighted by Gasteiger charge is -2.24. The molecule has 0 spiro atoms. The summed E-state index contributed by atoms with van der Waals surface area (Å²) in [6.45, 7) is 5.56. The number of pyridine rings is 1. The number of hydrogen-bond donors (Lipinski definition) is 2. The highest BCUT2D eigenvalue weighted by Gasteiger charge is 2.26. The molecule has 0 amide bonds. The molecule has 0 aliphatic heterocycles. The zero-order valence-corrected chi connectivity index (χ0v) is 11.9. The van der Waals surface area contributed by atoms with Crippen LogP contribution >= 0.6 is 0 Å². The fourth-order valence-electron chi connectivity index (χ4n) is 1.97. The Morgan fingerprint density at radius 3 is 2.35 bits per heavy atom. The fraction of sp³-hybridized carbons (Fsp3) is 0.312. The second-order valence-electron chi connectivity index (χ2n) is 5.20. The van der Waals surface area contributed by atoms with Crippen LogP contribution in [-0.2, 0) is 5.60 Å². The number of aromatic nitrogens is 1. The summed E-state index contributed by atoms with van der Waals surface area (Å²) in [5.41, 5.74) is 0.122. The lowest BCUT2D eigenvalue weighted by atomic mass is 9.89. The molecule has 2 N–H and O–H groups in total. The molecule has 2 aromatic rings. The smallest absolute Gasteiger partial charge is 0.138 e. The van der Waals surface area contributed by atoms with Crippen molar-refractivity contribution in [3.63, 3.8) is 0 Å². The molecule has 20 heavy (non-hydrogen) atoms. The van der Waals surface area contributed by atoms with Gasteiger partial charge in [0, 0.05) is 11.8 Å². The number of phenols is 1. The summed E-state index contributed by atoms with van der Waals surface area (Å²) in [6, 6.07) is 8.24. The molecule has 0 aliphatic rings. The second kappa shape index (κ2) is 5.51. The van der Waals surface area contributed by atoms with E-state index < -0.39 is 5.60 Å². The van der Waals surface area contributed by atoms with Gasteiger partial charge in [-0.3, -0.25) is 4.98 Å². The topological polar surface area (TPSA) is 62.6 Å². The third-order valence-electron chi connectivity index (χ3n) is 3.08. The average Bonchev–Trinajstić information content (AvgIpc) is 2.39. The Morgan fingerprint density at radius 1 is 1.10 bits per heavy atom. The van der Waals surface area contributed by atoms with E-state index in [2.05, 4.69) is 4.98 Å². The third-order valence-corrected chi connectivity index (χ3v) is 3.08. The summed E-state index contributed by atoms with van der Waals surface area (Å²) in [5, 5.41) is 20.1. The van der Waals surface area contributed by atoms with Crippen molar-refractivity contribution in [3.8, 4) is 11.5 Å². The van der Waals surface area contributed by atoms with Crippen molar-refractivity contribution in [1.29, 1.82) is 0 Å². The normalized spacial score (nSPS) is 14.1. The van der Waals surface area contributed by atoms with Crippen LogP contribution in [0.25, 0.3) is 0 Å². The van der Waals surface area contributed by atoms with Gasteiger partial charge in [0.15, 0.2) is 0 Å². The number of nitrogens with zero attached hydrogens (tertiary/aromatic N) is 1. The Morgan fingerprint density at radius 2 is 1.75 bits per heavy atom. The molecule has 1 unspecified atom stereocenters. The molecular weight excluding hydrogens is 254 g/mol. The quantitative estimate of drug-likeness (QED) is 0.899. The molecule has 0 saturated carbocycles. The zero-order valence-electron chi connectivity index (χ0n) is 11.9. The number of aliphatic hydroxyl groups is 1. The minimum Gasteiger partial charge on any atom is -0.508 e. The molecule has 0 fully saturated rings. The van der Waals surface area contributed by atoms with E-state index in [1.807, 2.05) is 13.8 Å². The first-order chi connectivity index (χ1) is 9.39. The van der Waals surface area contributed by atoms with Crippen LogP contribution in [0.15, 0.2) is 42.7 Å².